The molecule has 29 heavy (non-hydrogen) atoms. The van der Waals surface area contributed by atoms with Crippen LogP contribution in [0.4, 0.5) is 0 Å². The third kappa shape index (κ3) is 4.20. The van der Waals surface area contributed by atoms with Crippen LogP contribution in [0.25, 0.3) is 10.9 Å². The van der Waals surface area contributed by atoms with Gasteiger partial charge in [-0.2, -0.15) is 5.26 Å². The second-order valence-electron chi connectivity index (χ2n) is 8.28. The molecule has 1 amide bonds. The van der Waals surface area contributed by atoms with Gasteiger partial charge >= 0.3 is 0 Å². The normalized spacial score (nSPS) is 20.9. The third-order valence-electron chi connectivity index (χ3n) is 6.05. The van der Waals surface area contributed by atoms with Gasteiger partial charge in [-0.3, -0.25) is 4.79 Å². The molecule has 6 nitrogen and oxygen atoms in total. The highest BCUT2D eigenvalue weighted by atomic mass is 16.5. The van der Waals surface area contributed by atoms with Gasteiger partial charge in [0.2, 0.25) is 0 Å². The lowest BCUT2D eigenvalue weighted by molar-refractivity contribution is 0.0759. The number of rotatable bonds is 4. The smallest absolute Gasteiger partial charge is 0.273 e. The molecule has 0 saturated carbocycles. The number of aromatic nitrogens is 1. The summed E-state index contributed by atoms with van der Waals surface area (Å²) < 4.78 is 6.21. The Hall–Kier alpha value is -2.65. The fraction of sp³-hybridized carbons (Fsp3) is 0.522. The van der Waals surface area contributed by atoms with Crippen LogP contribution in [0, 0.1) is 11.3 Å². The number of carbonyl (C=O) groups excluding carboxylic acids is 1. The molecule has 2 saturated heterocycles. The first-order valence-corrected chi connectivity index (χ1v) is 10.6. The predicted octanol–water partition coefficient (Wildman–Crippen LogP) is 3.61. The van der Waals surface area contributed by atoms with E-state index in [1.54, 1.807) is 11.0 Å². The molecule has 1 aromatic carbocycles. The minimum atomic E-state index is -0.335. The molecule has 0 spiro atoms. The summed E-state index contributed by atoms with van der Waals surface area (Å²) in [6, 6.07) is 12.0. The number of fused-ring (bicyclic) bond motifs is 1. The Labute approximate surface area is 172 Å². The number of nitriles is 1. The van der Waals surface area contributed by atoms with Gasteiger partial charge in [0.15, 0.2) is 0 Å². The van der Waals surface area contributed by atoms with Crippen molar-refractivity contribution >= 4 is 16.8 Å². The van der Waals surface area contributed by atoms with Gasteiger partial charge < -0.3 is 14.5 Å². The summed E-state index contributed by atoms with van der Waals surface area (Å²) in [4.78, 5) is 21.4. The SMILES string of the molecule is CC(C)N1CCC(Oc2ccc3nc(C(=O)N4CCC[C@H]4C#N)ccc3c2)CC1. The molecule has 0 aliphatic carbocycles. The molecule has 1 atom stereocenters. The number of ether oxygens (including phenoxy) is 1. The van der Waals surface area contributed by atoms with Gasteiger partial charge in [0.1, 0.15) is 23.6 Å². The summed E-state index contributed by atoms with van der Waals surface area (Å²) in [5.74, 6) is 0.693. The third-order valence-corrected chi connectivity index (χ3v) is 6.05. The first kappa shape index (κ1) is 19.7. The largest absolute Gasteiger partial charge is 0.490 e. The number of carbonyl (C=O) groups is 1. The number of piperidine rings is 1. The van der Waals surface area contributed by atoms with Gasteiger partial charge in [0.05, 0.1) is 11.6 Å². The maximum atomic E-state index is 12.7. The molecule has 0 unspecified atom stereocenters. The average Bonchev–Trinajstić information content (AvgIpc) is 3.22. The van der Waals surface area contributed by atoms with Crippen molar-refractivity contribution in [3.8, 4) is 11.8 Å². The molecule has 6 heteroatoms. The lowest BCUT2D eigenvalue weighted by Crippen LogP contribution is -2.41. The van der Waals surface area contributed by atoms with E-state index < -0.39 is 0 Å². The zero-order valence-corrected chi connectivity index (χ0v) is 17.2. The lowest BCUT2D eigenvalue weighted by Gasteiger charge is -2.34. The van der Waals surface area contributed by atoms with Crippen LogP contribution in [0.15, 0.2) is 30.3 Å². The van der Waals surface area contributed by atoms with Crippen molar-refractivity contribution < 1.29 is 9.53 Å². The van der Waals surface area contributed by atoms with E-state index in [0.29, 0.717) is 18.3 Å². The predicted molar refractivity (Wildman–Crippen MR) is 112 cm³/mol. The topological polar surface area (TPSA) is 69.5 Å². The van der Waals surface area contributed by atoms with Gasteiger partial charge in [-0.05, 0) is 63.8 Å². The maximum absolute atomic E-state index is 12.7. The summed E-state index contributed by atoms with van der Waals surface area (Å²) in [5.41, 5.74) is 1.17. The summed E-state index contributed by atoms with van der Waals surface area (Å²) >= 11 is 0. The van der Waals surface area contributed by atoms with Crippen LogP contribution in [0.1, 0.15) is 50.0 Å². The average molecular weight is 393 g/mol. The molecule has 2 aliphatic heterocycles. The van der Waals surface area contributed by atoms with Gasteiger partial charge in [-0.1, -0.05) is 6.07 Å². The molecule has 0 N–H and O–H groups in total. The molecule has 2 fully saturated rings. The van der Waals surface area contributed by atoms with Gasteiger partial charge in [0.25, 0.3) is 5.91 Å². The number of pyridine rings is 1. The second kappa shape index (κ2) is 8.38. The van der Waals surface area contributed by atoms with Crippen molar-refractivity contribution in [3.05, 3.63) is 36.0 Å². The van der Waals surface area contributed by atoms with E-state index in [1.807, 2.05) is 24.3 Å². The molecule has 1 aromatic heterocycles. The lowest BCUT2D eigenvalue weighted by atomic mass is 10.1. The van der Waals surface area contributed by atoms with E-state index in [1.165, 1.54) is 0 Å². The van der Waals surface area contributed by atoms with E-state index in [-0.39, 0.29) is 18.1 Å². The molecular formula is C23H28N4O2. The van der Waals surface area contributed by atoms with Crippen molar-refractivity contribution in [1.29, 1.82) is 5.26 Å². The summed E-state index contributed by atoms with van der Waals surface area (Å²) in [6.07, 6.45) is 3.94. The van der Waals surface area contributed by atoms with E-state index >= 15 is 0 Å². The fourth-order valence-corrected chi connectivity index (χ4v) is 4.29. The van der Waals surface area contributed by atoms with Crippen molar-refractivity contribution in [2.75, 3.05) is 19.6 Å². The highest BCUT2D eigenvalue weighted by Crippen LogP contribution is 2.25. The highest BCUT2D eigenvalue weighted by molar-refractivity contribution is 5.95. The van der Waals surface area contributed by atoms with Gasteiger partial charge in [-0.25, -0.2) is 4.98 Å². The van der Waals surface area contributed by atoms with Crippen LogP contribution in [-0.4, -0.2) is 58.5 Å². The summed E-state index contributed by atoms with van der Waals surface area (Å²) in [7, 11) is 0. The van der Waals surface area contributed by atoms with Crippen molar-refractivity contribution in [2.24, 2.45) is 0 Å². The van der Waals surface area contributed by atoms with Crippen molar-refractivity contribution in [2.45, 2.75) is 57.7 Å². The Morgan fingerprint density at radius 1 is 1.17 bits per heavy atom. The van der Waals surface area contributed by atoms with Crippen LogP contribution in [0.2, 0.25) is 0 Å². The molecule has 4 rings (SSSR count). The Morgan fingerprint density at radius 3 is 2.69 bits per heavy atom. The standard InChI is InChI=1S/C23H28N4O2/c1-16(2)26-12-9-19(10-13-26)29-20-6-8-21-17(14-20)5-7-22(25-21)23(28)27-11-3-4-18(27)15-24/h5-8,14,16,18-19H,3-4,9-13H2,1-2H3/t18-/m0/s1. The quantitative estimate of drug-likeness (QED) is 0.795. The Morgan fingerprint density at radius 2 is 1.97 bits per heavy atom. The van der Waals surface area contributed by atoms with E-state index in [4.69, 9.17) is 4.74 Å². The number of benzene rings is 1. The number of hydrogen-bond donors (Lipinski definition) is 0. The number of likely N-dealkylation sites (tertiary alicyclic amines) is 2. The first-order valence-electron chi connectivity index (χ1n) is 10.6. The van der Waals surface area contributed by atoms with E-state index in [2.05, 4.69) is 29.8 Å². The summed E-state index contributed by atoms with van der Waals surface area (Å²) in [6.45, 7) is 7.24. The number of nitrogens with zero attached hydrogens (tertiary/aromatic N) is 4. The minimum absolute atomic E-state index is 0.159. The van der Waals surface area contributed by atoms with Crippen LogP contribution in [0.5, 0.6) is 5.75 Å². The first-order chi connectivity index (χ1) is 14.0. The van der Waals surface area contributed by atoms with E-state index in [9.17, 15) is 10.1 Å². The van der Waals surface area contributed by atoms with Crippen molar-refractivity contribution in [1.82, 2.24) is 14.8 Å². The Bertz CT molecular complexity index is 928. The molecular weight excluding hydrogens is 364 g/mol. The molecule has 2 aliphatic rings. The molecule has 2 aromatic rings. The second-order valence-corrected chi connectivity index (χ2v) is 8.28. The zero-order chi connectivity index (χ0) is 20.4. The van der Waals surface area contributed by atoms with Crippen LogP contribution in [0.3, 0.4) is 0 Å². The highest BCUT2D eigenvalue weighted by Gasteiger charge is 2.30. The summed E-state index contributed by atoms with van der Waals surface area (Å²) in [5, 5.41) is 10.2. The monoisotopic (exact) mass is 392 g/mol. The van der Waals surface area contributed by atoms with Crippen LogP contribution < -0.4 is 4.74 Å². The number of amides is 1. The minimum Gasteiger partial charge on any atom is -0.490 e. The maximum Gasteiger partial charge on any atom is 0.273 e. The van der Waals surface area contributed by atoms with E-state index in [0.717, 1.165) is 55.4 Å². The Kier molecular flexibility index (Phi) is 5.68. The fourth-order valence-electron chi connectivity index (χ4n) is 4.29. The molecule has 3 heterocycles. The molecule has 0 bridgehead atoms. The van der Waals surface area contributed by atoms with Gasteiger partial charge in [0, 0.05) is 31.1 Å². The van der Waals surface area contributed by atoms with Crippen LogP contribution >= 0.6 is 0 Å². The van der Waals surface area contributed by atoms with Crippen LogP contribution in [-0.2, 0) is 0 Å². The van der Waals surface area contributed by atoms with Gasteiger partial charge in [-0.15, -0.1) is 0 Å². The van der Waals surface area contributed by atoms with Crippen molar-refractivity contribution in [3.63, 3.8) is 0 Å². The number of hydrogen-bond acceptors (Lipinski definition) is 5. The Balaban J connectivity index is 1.45. The molecule has 152 valence electrons. The zero-order valence-electron chi connectivity index (χ0n) is 17.2. The molecule has 0 radical (unpaired) electrons.